The highest BCUT2D eigenvalue weighted by Crippen LogP contribution is 2.31. The summed E-state index contributed by atoms with van der Waals surface area (Å²) in [5.74, 6) is -1.64. The van der Waals surface area contributed by atoms with Crippen LogP contribution in [-0.2, 0) is 9.59 Å². The summed E-state index contributed by atoms with van der Waals surface area (Å²) in [6.45, 7) is 5.36. The first-order valence-electron chi connectivity index (χ1n) is 9.31. The number of nitrogens with one attached hydrogen (secondary N) is 2. The second-order valence-corrected chi connectivity index (χ2v) is 6.87. The Hall–Kier alpha value is -3.15. The Balaban J connectivity index is 2.15. The Morgan fingerprint density at radius 2 is 1.61 bits per heavy atom. The number of para-hydroxylation sites is 1. The van der Waals surface area contributed by atoms with E-state index in [4.69, 9.17) is 0 Å². The maximum Gasteiger partial charge on any atom is 0.310 e. The summed E-state index contributed by atoms with van der Waals surface area (Å²) >= 11 is 0. The Bertz CT molecular complexity index is 858. The summed E-state index contributed by atoms with van der Waals surface area (Å²) in [6.07, 6.45) is 0.616. The molecule has 6 heteroatoms. The Labute approximate surface area is 165 Å². The molecule has 0 radical (unpaired) electrons. The number of hydrogen-bond acceptors (Lipinski definition) is 3. The number of hydrogen-bond donors (Lipinski definition) is 3. The lowest BCUT2D eigenvalue weighted by atomic mass is 9.79. The third-order valence-corrected chi connectivity index (χ3v) is 5.11. The molecule has 0 saturated heterocycles. The van der Waals surface area contributed by atoms with Crippen LogP contribution in [0.5, 0.6) is 0 Å². The maximum atomic E-state index is 12.5. The number of carbonyl (C=O) groups excluding carboxylic acids is 2. The van der Waals surface area contributed by atoms with Crippen molar-refractivity contribution in [2.75, 3.05) is 10.6 Å². The minimum absolute atomic E-state index is 0.116. The fraction of sp³-hybridized carbons (Fsp3) is 0.318. The van der Waals surface area contributed by atoms with Gasteiger partial charge < -0.3 is 15.7 Å². The molecule has 0 fully saturated rings. The van der Waals surface area contributed by atoms with Crippen LogP contribution in [0, 0.1) is 12.3 Å². The van der Waals surface area contributed by atoms with Crippen molar-refractivity contribution in [3.8, 4) is 0 Å². The molecule has 0 heterocycles. The molecule has 0 spiro atoms. The number of carbonyl (C=O) groups is 3. The number of aryl methyl sites for hydroxylation is 1. The van der Waals surface area contributed by atoms with Gasteiger partial charge in [0.15, 0.2) is 0 Å². The molecular weight excluding hydrogens is 356 g/mol. The molecule has 0 aliphatic carbocycles. The average molecular weight is 382 g/mol. The van der Waals surface area contributed by atoms with Crippen LogP contribution in [0.2, 0.25) is 0 Å². The molecule has 0 atom stereocenters. The zero-order valence-electron chi connectivity index (χ0n) is 16.4. The minimum atomic E-state index is -1.08. The summed E-state index contributed by atoms with van der Waals surface area (Å²) in [7, 11) is 0. The summed E-state index contributed by atoms with van der Waals surface area (Å²) in [6, 6.07) is 14.1. The predicted octanol–water partition coefficient (Wildman–Crippen LogP) is 4.47. The van der Waals surface area contributed by atoms with Gasteiger partial charge in [-0.1, -0.05) is 38.1 Å². The van der Waals surface area contributed by atoms with Gasteiger partial charge in [0.25, 0.3) is 5.91 Å². The first-order valence-corrected chi connectivity index (χ1v) is 9.31. The molecule has 28 heavy (non-hydrogen) atoms. The first-order chi connectivity index (χ1) is 13.3. The molecule has 0 aromatic heterocycles. The molecular formula is C22H26N2O4. The highest BCUT2D eigenvalue weighted by Gasteiger charge is 2.37. The topological polar surface area (TPSA) is 95.5 Å². The van der Waals surface area contributed by atoms with Crippen molar-refractivity contribution in [3.63, 3.8) is 0 Å². The van der Waals surface area contributed by atoms with Gasteiger partial charge in [-0.3, -0.25) is 14.4 Å². The molecule has 6 nitrogen and oxygen atoms in total. The third-order valence-electron chi connectivity index (χ3n) is 5.11. The van der Waals surface area contributed by atoms with E-state index in [-0.39, 0.29) is 18.2 Å². The maximum absolute atomic E-state index is 12.5. The standard InChI is InChI=1S/C22H26N2O4/c1-4-22(5-2,21(27)28)14-19(25)24-18-13-16(12-11-15(18)3)20(26)23-17-9-7-6-8-10-17/h6-13H,4-5,14H2,1-3H3,(H,23,26)(H,24,25)(H,27,28). The van der Waals surface area contributed by atoms with Crippen molar-refractivity contribution in [2.45, 2.75) is 40.0 Å². The third kappa shape index (κ3) is 4.97. The molecule has 2 aromatic rings. The van der Waals surface area contributed by atoms with Crippen molar-refractivity contribution in [2.24, 2.45) is 5.41 Å². The molecule has 3 N–H and O–H groups in total. The van der Waals surface area contributed by atoms with Gasteiger partial charge in [0.2, 0.25) is 5.91 Å². The number of carboxylic acid groups (broad SMARTS) is 1. The number of aliphatic carboxylic acids is 1. The lowest BCUT2D eigenvalue weighted by molar-refractivity contribution is -0.151. The Kier molecular flexibility index (Phi) is 6.93. The molecule has 0 bridgehead atoms. The lowest BCUT2D eigenvalue weighted by Crippen LogP contribution is -2.34. The van der Waals surface area contributed by atoms with E-state index < -0.39 is 11.4 Å². The normalized spacial score (nSPS) is 11.0. The number of rotatable bonds is 8. The van der Waals surface area contributed by atoms with Gasteiger partial charge in [0.05, 0.1) is 5.41 Å². The smallest absolute Gasteiger partial charge is 0.310 e. The van der Waals surface area contributed by atoms with Gasteiger partial charge in [-0.15, -0.1) is 0 Å². The second kappa shape index (κ2) is 9.17. The van der Waals surface area contributed by atoms with Crippen LogP contribution in [0.1, 0.15) is 49.0 Å². The number of carboxylic acids is 1. The van der Waals surface area contributed by atoms with E-state index >= 15 is 0 Å². The highest BCUT2D eigenvalue weighted by molar-refractivity contribution is 6.05. The van der Waals surface area contributed by atoms with E-state index in [1.165, 1.54) is 0 Å². The molecule has 2 aromatic carbocycles. The second-order valence-electron chi connectivity index (χ2n) is 6.87. The summed E-state index contributed by atoms with van der Waals surface area (Å²) in [4.78, 5) is 36.6. The average Bonchev–Trinajstić information content (AvgIpc) is 2.68. The molecule has 0 unspecified atom stereocenters. The van der Waals surface area contributed by atoms with Crippen LogP contribution in [0.4, 0.5) is 11.4 Å². The van der Waals surface area contributed by atoms with E-state index in [0.29, 0.717) is 29.8 Å². The van der Waals surface area contributed by atoms with E-state index in [2.05, 4.69) is 10.6 Å². The SMILES string of the molecule is CCC(CC)(CC(=O)Nc1cc(C(=O)Nc2ccccc2)ccc1C)C(=O)O. The summed E-state index contributed by atoms with van der Waals surface area (Å²) in [5, 5.41) is 15.1. The predicted molar refractivity (Wildman–Crippen MR) is 109 cm³/mol. The van der Waals surface area contributed by atoms with Crippen LogP contribution in [0.3, 0.4) is 0 Å². The van der Waals surface area contributed by atoms with E-state index in [1.54, 1.807) is 44.2 Å². The molecule has 0 aliphatic rings. The van der Waals surface area contributed by atoms with Gasteiger partial charge in [0, 0.05) is 23.4 Å². The largest absolute Gasteiger partial charge is 0.481 e. The summed E-state index contributed by atoms with van der Waals surface area (Å²) < 4.78 is 0. The minimum Gasteiger partial charge on any atom is -0.481 e. The van der Waals surface area contributed by atoms with Crippen LogP contribution < -0.4 is 10.6 Å². The number of benzene rings is 2. The fourth-order valence-corrected chi connectivity index (χ4v) is 3.00. The zero-order chi connectivity index (χ0) is 20.7. The molecule has 0 aliphatic heterocycles. The number of amides is 2. The molecule has 148 valence electrons. The van der Waals surface area contributed by atoms with E-state index in [1.807, 2.05) is 25.1 Å². The van der Waals surface area contributed by atoms with Gasteiger partial charge >= 0.3 is 5.97 Å². The number of anilines is 2. The molecule has 0 saturated carbocycles. The monoisotopic (exact) mass is 382 g/mol. The quantitative estimate of drug-likeness (QED) is 0.628. The van der Waals surface area contributed by atoms with Crippen LogP contribution in [-0.4, -0.2) is 22.9 Å². The molecule has 2 amide bonds. The van der Waals surface area contributed by atoms with E-state index in [9.17, 15) is 19.5 Å². The van der Waals surface area contributed by atoms with Crippen molar-refractivity contribution in [1.29, 1.82) is 0 Å². The van der Waals surface area contributed by atoms with Crippen LogP contribution in [0.25, 0.3) is 0 Å². The lowest BCUT2D eigenvalue weighted by Gasteiger charge is -2.26. The van der Waals surface area contributed by atoms with Crippen molar-refractivity contribution < 1.29 is 19.5 Å². The van der Waals surface area contributed by atoms with Gasteiger partial charge in [0.1, 0.15) is 0 Å². The first kappa shape index (κ1) is 21.2. The van der Waals surface area contributed by atoms with Gasteiger partial charge in [-0.25, -0.2) is 0 Å². The van der Waals surface area contributed by atoms with Crippen molar-refractivity contribution >= 4 is 29.2 Å². The van der Waals surface area contributed by atoms with Crippen molar-refractivity contribution in [3.05, 3.63) is 59.7 Å². The molecule has 2 rings (SSSR count). The van der Waals surface area contributed by atoms with Crippen LogP contribution >= 0.6 is 0 Å². The van der Waals surface area contributed by atoms with Gasteiger partial charge in [-0.2, -0.15) is 0 Å². The Morgan fingerprint density at radius 1 is 0.964 bits per heavy atom. The zero-order valence-corrected chi connectivity index (χ0v) is 16.4. The highest BCUT2D eigenvalue weighted by atomic mass is 16.4. The fourth-order valence-electron chi connectivity index (χ4n) is 3.00. The Morgan fingerprint density at radius 3 is 2.18 bits per heavy atom. The van der Waals surface area contributed by atoms with Crippen molar-refractivity contribution in [1.82, 2.24) is 0 Å². The van der Waals surface area contributed by atoms with Crippen LogP contribution in [0.15, 0.2) is 48.5 Å². The van der Waals surface area contributed by atoms with Gasteiger partial charge in [-0.05, 0) is 49.6 Å². The summed E-state index contributed by atoms with van der Waals surface area (Å²) in [5.41, 5.74) is 1.28. The van der Waals surface area contributed by atoms with E-state index in [0.717, 1.165) is 5.56 Å².